The van der Waals surface area contributed by atoms with Gasteiger partial charge in [0.15, 0.2) is 5.78 Å². The number of carbonyl (C=O) groups excluding carboxylic acids is 4. The number of carbonyl (C=O) groups is 4. The van der Waals surface area contributed by atoms with Crippen LogP contribution in [0.5, 0.6) is 0 Å². The average molecular weight is 375 g/mol. The lowest BCUT2D eigenvalue weighted by Crippen LogP contribution is -2.47. The fraction of sp³-hybridized carbons (Fsp3) is 0.474. The number of ketones is 1. The Bertz CT molecular complexity index is 694. The maximum atomic E-state index is 12.1. The van der Waals surface area contributed by atoms with E-state index in [1.54, 1.807) is 36.1 Å². The summed E-state index contributed by atoms with van der Waals surface area (Å²) in [5.74, 6) is -0.837. The van der Waals surface area contributed by atoms with Crippen molar-refractivity contribution in [2.45, 2.75) is 39.2 Å². The zero-order chi connectivity index (χ0) is 19.8. The number of piperidine rings is 1. The Morgan fingerprint density at radius 2 is 1.70 bits per heavy atom. The van der Waals surface area contributed by atoms with Crippen LogP contribution in [0.4, 0.5) is 10.5 Å². The first-order valence-corrected chi connectivity index (χ1v) is 9.01. The van der Waals surface area contributed by atoms with Gasteiger partial charge in [-0.05, 0) is 51.0 Å². The van der Waals surface area contributed by atoms with Crippen molar-refractivity contribution in [1.29, 1.82) is 0 Å². The number of rotatable bonds is 6. The van der Waals surface area contributed by atoms with Gasteiger partial charge in [0, 0.05) is 30.4 Å². The molecule has 0 aromatic heterocycles. The SMILES string of the molecule is CCOC(=O)N1CCC(NC(=O)CC(=O)Nc2ccc(C(C)=O)cc2)CC1. The van der Waals surface area contributed by atoms with E-state index in [1.807, 2.05) is 0 Å². The molecule has 146 valence electrons. The summed E-state index contributed by atoms with van der Waals surface area (Å²) < 4.78 is 4.96. The van der Waals surface area contributed by atoms with Crippen LogP contribution in [0.15, 0.2) is 24.3 Å². The van der Waals surface area contributed by atoms with Gasteiger partial charge in [-0.25, -0.2) is 4.79 Å². The number of Topliss-reactive ketones (excluding diaryl/α,β-unsaturated/α-hetero) is 1. The van der Waals surface area contributed by atoms with Crippen molar-refractivity contribution in [2.24, 2.45) is 0 Å². The van der Waals surface area contributed by atoms with Crippen molar-refractivity contribution < 1.29 is 23.9 Å². The Balaban J connectivity index is 1.73. The Morgan fingerprint density at radius 3 is 2.26 bits per heavy atom. The van der Waals surface area contributed by atoms with Crippen molar-refractivity contribution in [1.82, 2.24) is 10.2 Å². The van der Waals surface area contributed by atoms with Crippen LogP contribution in [0.1, 0.15) is 43.5 Å². The number of ether oxygens (including phenoxy) is 1. The van der Waals surface area contributed by atoms with E-state index in [0.29, 0.717) is 43.8 Å². The first-order valence-electron chi connectivity index (χ1n) is 9.01. The van der Waals surface area contributed by atoms with Gasteiger partial charge in [0.1, 0.15) is 6.42 Å². The second-order valence-electron chi connectivity index (χ2n) is 6.39. The minimum absolute atomic E-state index is 0.0544. The quantitative estimate of drug-likeness (QED) is 0.584. The lowest BCUT2D eigenvalue weighted by molar-refractivity contribution is -0.127. The van der Waals surface area contributed by atoms with E-state index in [0.717, 1.165) is 0 Å². The van der Waals surface area contributed by atoms with E-state index < -0.39 is 5.91 Å². The first kappa shape index (κ1) is 20.4. The van der Waals surface area contributed by atoms with Crippen LogP contribution in [0.25, 0.3) is 0 Å². The summed E-state index contributed by atoms with van der Waals surface area (Å²) in [6.45, 7) is 4.59. The molecule has 27 heavy (non-hydrogen) atoms. The van der Waals surface area contributed by atoms with Crippen molar-refractivity contribution in [3.8, 4) is 0 Å². The molecule has 0 spiro atoms. The molecule has 1 fully saturated rings. The highest BCUT2D eigenvalue weighted by Crippen LogP contribution is 2.13. The van der Waals surface area contributed by atoms with Gasteiger partial charge >= 0.3 is 6.09 Å². The van der Waals surface area contributed by atoms with Crippen LogP contribution < -0.4 is 10.6 Å². The summed E-state index contributed by atoms with van der Waals surface area (Å²) in [5.41, 5.74) is 1.08. The minimum atomic E-state index is -0.424. The van der Waals surface area contributed by atoms with E-state index in [9.17, 15) is 19.2 Å². The first-order chi connectivity index (χ1) is 12.9. The number of likely N-dealkylation sites (tertiary alicyclic amines) is 1. The molecule has 8 nitrogen and oxygen atoms in total. The van der Waals surface area contributed by atoms with Crippen molar-refractivity contribution >= 4 is 29.4 Å². The molecule has 0 aliphatic carbocycles. The highest BCUT2D eigenvalue weighted by molar-refractivity contribution is 6.04. The number of nitrogens with zero attached hydrogens (tertiary/aromatic N) is 1. The number of benzene rings is 1. The van der Waals surface area contributed by atoms with Gasteiger partial charge < -0.3 is 20.3 Å². The molecule has 0 bridgehead atoms. The molecule has 0 radical (unpaired) electrons. The Morgan fingerprint density at radius 1 is 1.07 bits per heavy atom. The van der Waals surface area contributed by atoms with Gasteiger partial charge in [-0.15, -0.1) is 0 Å². The summed E-state index contributed by atoms with van der Waals surface area (Å²) in [5, 5.41) is 5.46. The monoisotopic (exact) mass is 375 g/mol. The maximum absolute atomic E-state index is 12.1. The van der Waals surface area contributed by atoms with Gasteiger partial charge in [0.2, 0.25) is 11.8 Å². The van der Waals surface area contributed by atoms with Crippen LogP contribution in [0, 0.1) is 0 Å². The number of hydrogen-bond acceptors (Lipinski definition) is 5. The Labute approximate surface area is 158 Å². The van der Waals surface area contributed by atoms with E-state index in [-0.39, 0.29) is 30.2 Å². The van der Waals surface area contributed by atoms with Gasteiger partial charge in [0.05, 0.1) is 6.61 Å². The molecule has 3 amide bonds. The Hall–Kier alpha value is -2.90. The lowest BCUT2D eigenvalue weighted by Gasteiger charge is -2.31. The number of amides is 3. The second kappa shape index (κ2) is 9.70. The topological polar surface area (TPSA) is 105 Å². The summed E-state index contributed by atoms with van der Waals surface area (Å²) >= 11 is 0. The standard InChI is InChI=1S/C19H25N3O5/c1-3-27-19(26)22-10-8-16(9-11-22)21-18(25)12-17(24)20-15-6-4-14(5-7-15)13(2)23/h4-7,16H,3,8-12H2,1-2H3,(H,20,24)(H,21,25). The van der Waals surface area contributed by atoms with E-state index in [4.69, 9.17) is 4.74 Å². The predicted octanol–water partition coefficient (Wildman–Crippen LogP) is 1.95. The highest BCUT2D eigenvalue weighted by Gasteiger charge is 2.25. The molecule has 1 saturated heterocycles. The maximum Gasteiger partial charge on any atom is 0.409 e. The van der Waals surface area contributed by atoms with E-state index in [2.05, 4.69) is 10.6 Å². The van der Waals surface area contributed by atoms with Crippen LogP contribution in [-0.4, -0.2) is 54.3 Å². The molecule has 2 rings (SSSR count). The normalized spacial score (nSPS) is 14.4. The van der Waals surface area contributed by atoms with Crippen molar-refractivity contribution in [3.63, 3.8) is 0 Å². The third kappa shape index (κ3) is 6.40. The molecule has 0 atom stereocenters. The summed E-state index contributed by atoms with van der Waals surface area (Å²) in [7, 11) is 0. The van der Waals surface area contributed by atoms with Crippen LogP contribution in [0.3, 0.4) is 0 Å². The molecule has 1 aliphatic rings. The fourth-order valence-corrected chi connectivity index (χ4v) is 2.84. The molecule has 8 heteroatoms. The zero-order valence-corrected chi connectivity index (χ0v) is 15.6. The largest absolute Gasteiger partial charge is 0.450 e. The van der Waals surface area contributed by atoms with Crippen LogP contribution in [0.2, 0.25) is 0 Å². The van der Waals surface area contributed by atoms with E-state index >= 15 is 0 Å². The minimum Gasteiger partial charge on any atom is -0.450 e. The molecule has 1 aromatic rings. The van der Waals surface area contributed by atoms with Crippen molar-refractivity contribution in [2.75, 3.05) is 25.0 Å². The molecular formula is C19H25N3O5. The average Bonchev–Trinajstić information content (AvgIpc) is 2.62. The molecule has 1 aromatic carbocycles. The third-order valence-electron chi connectivity index (χ3n) is 4.28. The van der Waals surface area contributed by atoms with Crippen LogP contribution >= 0.6 is 0 Å². The van der Waals surface area contributed by atoms with Gasteiger partial charge in [0.25, 0.3) is 0 Å². The number of hydrogen-bond donors (Lipinski definition) is 2. The molecule has 1 heterocycles. The molecule has 0 saturated carbocycles. The summed E-state index contributed by atoms with van der Waals surface area (Å²) in [6.07, 6.45) is 0.627. The summed E-state index contributed by atoms with van der Waals surface area (Å²) in [6, 6.07) is 6.42. The molecule has 2 N–H and O–H groups in total. The Kier molecular flexibility index (Phi) is 7.34. The molecular weight excluding hydrogens is 350 g/mol. The third-order valence-corrected chi connectivity index (χ3v) is 4.28. The van der Waals surface area contributed by atoms with E-state index in [1.165, 1.54) is 6.92 Å². The zero-order valence-electron chi connectivity index (χ0n) is 15.6. The number of nitrogens with one attached hydrogen (secondary N) is 2. The van der Waals surface area contributed by atoms with Crippen LogP contribution in [-0.2, 0) is 14.3 Å². The summed E-state index contributed by atoms with van der Waals surface area (Å²) in [4.78, 5) is 48.5. The van der Waals surface area contributed by atoms with Gasteiger partial charge in [-0.3, -0.25) is 14.4 Å². The highest BCUT2D eigenvalue weighted by atomic mass is 16.6. The second-order valence-corrected chi connectivity index (χ2v) is 6.39. The predicted molar refractivity (Wildman–Crippen MR) is 99.5 cm³/mol. The molecule has 0 unspecified atom stereocenters. The fourth-order valence-electron chi connectivity index (χ4n) is 2.84. The van der Waals surface area contributed by atoms with Crippen molar-refractivity contribution in [3.05, 3.63) is 29.8 Å². The lowest BCUT2D eigenvalue weighted by atomic mass is 10.1. The number of anilines is 1. The smallest absolute Gasteiger partial charge is 0.409 e. The van der Waals surface area contributed by atoms with Gasteiger partial charge in [-0.1, -0.05) is 0 Å². The molecule has 1 aliphatic heterocycles. The van der Waals surface area contributed by atoms with Gasteiger partial charge in [-0.2, -0.15) is 0 Å².